The van der Waals surface area contributed by atoms with Gasteiger partial charge in [-0.05, 0) is 12.8 Å². The molecule has 1 fully saturated rings. The van der Waals surface area contributed by atoms with E-state index in [9.17, 15) is 29.7 Å². The topological polar surface area (TPSA) is 178 Å². The van der Waals surface area contributed by atoms with Crippen molar-refractivity contribution in [1.29, 1.82) is 0 Å². The molecule has 1 saturated heterocycles. The van der Waals surface area contributed by atoms with E-state index in [1.165, 1.54) is 12.8 Å². The summed E-state index contributed by atoms with van der Waals surface area (Å²) in [6, 6.07) is 0. The highest BCUT2D eigenvalue weighted by molar-refractivity contribution is 5.71. The molecule has 4 N–H and O–H groups in total. The maximum atomic E-state index is 13.0. The molecule has 258 valence electrons. The van der Waals surface area contributed by atoms with Crippen LogP contribution in [0.25, 0.3) is 0 Å². The van der Waals surface area contributed by atoms with Crippen molar-refractivity contribution in [2.45, 2.75) is 166 Å². The zero-order valence-corrected chi connectivity index (χ0v) is 27.0. The van der Waals surface area contributed by atoms with Crippen molar-refractivity contribution in [1.82, 2.24) is 0 Å². The van der Waals surface area contributed by atoms with Crippen LogP contribution in [0.2, 0.25) is 0 Å². The minimum absolute atomic E-state index is 0.0865. The number of ether oxygens (including phenoxy) is 5. The van der Waals surface area contributed by atoms with Crippen molar-refractivity contribution in [3.05, 3.63) is 0 Å². The van der Waals surface area contributed by atoms with Gasteiger partial charge in [0.15, 0.2) is 24.6 Å². The van der Waals surface area contributed by atoms with Gasteiger partial charge in [0, 0.05) is 19.8 Å². The molecule has 44 heavy (non-hydrogen) atoms. The van der Waals surface area contributed by atoms with Gasteiger partial charge in [0.05, 0.1) is 19.8 Å². The number of aliphatic hydroxyl groups is 4. The van der Waals surface area contributed by atoms with Gasteiger partial charge in [-0.2, -0.15) is 0 Å². The van der Waals surface area contributed by atoms with Crippen molar-refractivity contribution >= 4 is 17.9 Å². The molecule has 12 heteroatoms. The largest absolute Gasteiger partial charge is 0.456 e. The molecular weight excluding hydrogens is 576 g/mol. The van der Waals surface area contributed by atoms with Gasteiger partial charge in [0.2, 0.25) is 0 Å². The van der Waals surface area contributed by atoms with Crippen LogP contribution in [0.5, 0.6) is 0 Å². The SMILES string of the molecule is CCCCCCCCCC(=O)O[C@@H]1[C@H](OC(=O)CCCCCCCCC)[C@H](OC[C@@H](O)[C@H](O)CO)O[C@H](CO)[C@H]1OC(C)=O. The monoisotopic (exact) mass is 634 g/mol. The number of aliphatic hydroxyl groups excluding tert-OH is 4. The molecule has 1 aliphatic heterocycles. The van der Waals surface area contributed by atoms with Gasteiger partial charge in [-0.15, -0.1) is 0 Å². The first kappa shape index (κ1) is 40.2. The molecule has 0 aromatic heterocycles. The number of carbonyl (C=O) groups is 3. The fourth-order valence-electron chi connectivity index (χ4n) is 5.05. The van der Waals surface area contributed by atoms with Gasteiger partial charge in [0.25, 0.3) is 0 Å². The highest BCUT2D eigenvalue weighted by Crippen LogP contribution is 2.30. The Morgan fingerprint density at radius 2 is 1.14 bits per heavy atom. The number of carbonyl (C=O) groups excluding carboxylic acids is 3. The van der Waals surface area contributed by atoms with E-state index in [0.29, 0.717) is 12.8 Å². The van der Waals surface area contributed by atoms with Gasteiger partial charge in [-0.25, -0.2) is 0 Å². The van der Waals surface area contributed by atoms with Crippen LogP contribution in [0.4, 0.5) is 0 Å². The molecule has 1 heterocycles. The lowest BCUT2D eigenvalue weighted by molar-refractivity contribution is -0.312. The standard InChI is InChI=1S/C32H58O12/c1-4-6-8-10-12-14-16-18-27(38)43-30-29(41-23(3)35)26(21-34)42-32(40-22-25(37)24(36)20-33)31(30)44-28(39)19-17-15-13-11-9-7-5-2/h24-26,29-34,36-37H,4-22H2,1-3H3/t24-,25-,26-,29-,30+,31+,32-/m1/s1. The smallest absolute Gasteiger partial charge is 0.306 e. The summed E-state index contributed by atoms with van der Waals surface area (Å²) in [7, 11) is 0. The number of unbranched alkanes of at least 4 members (excludes halogenated alkanes) is 12. The summed E-state index contributed by atoms with van der Waals surface area (Å²) in [4.78, 5) is 37.9. The van der Waals surface area contributed by atoms with E-state index in [2.05, 4.69) is 13.8 Å². The minimum Gasteiger partial charge on any atom is -0.456 e. The molecule has 7 atom stereocenters. The average Bonchev–Trinajstić information content (AvgIpc) is 3.00. The third-order valence-corrected chi connectivity index (χ3v) is 7.64. The highest BCUT2D eigenvalue weighted by atomic mass is 16.7. The van der Waals surface area contributed by atoms with E-state index in [1.807, 2.05) is 0 Å². The summed E-state index contributed by atoms with van der Waals surface area (Å²) in [6.45, 7) is 3.54. The van der Waals surface area contributed by atoms with Crippen LogP contribution >= 0.6 is 0 Å². The van der Waals surface area contributed by atoms with E-state index < -0.39 is 80.6 Å². The lowest BCUT2D eigenvalue weighted by Gasteiger charge is -2.44. The maximum Gasteiger partial charge on any atom is 0.306 e. The summed E-state index contributed by atoms with van der Waals surface area (Å²) in [5.74, 6) is -1.92. The second-order valence-corrected chi connectivity index (χ2v) is 11.6. The minimum atomic E-state index is -1.51. The lowest BCUT2D eigenvalue weighted by atomic mass is 9.98. The summed E-state index contributed by atoms with van der Waals surface area (Å²) < 4.78 is 28.3. The van der Waals surface area contributed by atoms with Crippen LogP contribution in [-0.4, -0.2) is 101 Å². The Hall–Kier alpha value is -1.83. The quantitative estimate of drug-likeness (QED) is 0.0654. The molecule has 1 rings (SSSR count). The summed E-state index contributed by atoms with van der Waals surface area (Å²) in [6.07, 6.45) is 4.34. The van der Waals surface area contributed by atoms with Crippen LogP contribution in [0.3, 0.4) is 0 Å². The zero-order chi connectivity index (χ0) is 32.7. The number of hydrogen-bond donors (Lipinski definition) is 4. The summed E-state index contributed by atoms with van der Waals surface area (Å²) in [5, 5.41) is 39.1. The molecule has 0 saturated carbocycles. The van der Waals surface area contributed by atoms with Crippen molar-refractivity contribution < 1.29 is 58.5 Å². The summed E-state index contributed by atoms with van der Waals surface area (Å²) >= 11 is 0. The second kappa shape index (κ2) is 24.4. The van der Waals surface area contributed by atoms with Gasteiger partial charge in [-0.3, -0.25) is 14.4 Å². The Kier molecular flexibility index (Phi) is 22.3. The van der Waals surface area contributed by atoms with E-state index in [4.69, 9.17) is 28.8 Å². The van der Waals surface area contributed by atoms with Crippen molar-refractivity contribution in [2.24, 2.45) is 0 Å². The predicted molar refractivity (Wildman–Crippen MR) is 161 cm³/mol. The van der Waals surface area contributed by atoms with Crippen molar-refractivity contribution in [2.75, 3.05) is 19.8 Å². The Labute approximate surface area is 262 Å². The molecule has 0 unspecified atom stereocenters. The van der Waals surface area contributed by atoms with Gasteiger partial charge >= 0.3 is 17.9 Å². The van der Waals surface area contributed by atoms with E-state index in [1.54, 1.807) is 0 Å². The zero-order valence-electron chi connectivity index (χ0n) is 27.0. The summed E-state index contributed by atoms with van der Waals surface area (Å²) in [5.41, 5.74) is 0. The molecule has 0 bridgehead atoms. The molecule has 12 nitrogen and oxygen atoms in total. The van der Waals surface area contributed by atoms with Crippen molar-refractivity contribution in [3.8, 4) is 0 Å². The highest BCUT2D eigenvalue weighted by Gasteiger charge is 2.52. The van der Waals surface area contributed by atoms with Gasteiger partial charge < -0.3 is 44.1 Å². The molecule has 0 aliphatic carbocycles. The lowest BCUT2D eigenvalue weighted by Crippen LogP contribution is -2.63. The first-order valence-corrected chi connectivity index (χ1v) is 16.6. The number of esters is 3. The second-order valence-electron chi connectivity index (χ2n) is 11.6. The normalized spacial score (nSPS) is 23.1. The van der Waals surface area contributed by atoms with Crippen LogP contribution < -0.4 is 0 Å². The third kappa shape index (κ3) is 16.5. The van der Waals surface area contributed by atoms with Crippen LogP contribution in [0.1, 0.15) is 124 Å². The molecule has 0 radical (unpaired) electrons. The number of rotatable bonds is 25. The Morgan fingerprint density at radius 1 is 0.659 bits per heavy atom. The maximum absolute atomic E-state index is 13.0. The molecule has 1 aliphatic rings. The molecular formula is C32H58O12. The fraction of sp³-hybridized carbons (Fsp3) is 0.906. The molecule has 0 aromatic carbocycles. The Bertz CT molecular complexity index is 778. The molecule has 0 spiro atoms. The van der Waals surface area contributed by atoms with Gasteiger partial charge in [-0.1, -0.05) is 90.9 Å². The Balaban J connectivity index is 3.05. The first-order chi connectivity index (χ1) is 21.2. The average molecular weight is 635 g/mol. The number of hydrogen-bond acceptors (Lipinski definition) is 12. The van der Waals surface area contributed by atoms with E-state index >= 15 is 0 Å². The van der Waals surface area contributed by atoms with Gasteiger partial charge in [0.1, 0.15) is 18.3 Å². The predicted octanol–water partition coefficient (Wildman–Crippen LogP) is 3.47. The van der Waals surface area contributed by atoms with E-state index in [0.717, 1.165) is 71.1 Å². The van der Waals surface area contributed by atoms with Crippen LogP contribution in [0.15, 0.2) is 0 Å². The molecule has 0 aromatic rings. The Morgan fingerprint density at radius 3 is 1.59 bits per heavy atom. The first-order valence-electron chi connectivity index (χ1n) is 16.6. The third-order valence-electron chi connectivity index (χ3n) is 7.64. The van der Waals surface area contributed by atoms with Crippen LogP contribution in [0, 0.1) is 0 Å². The van der Waals surface area contributed by atoms with E-state index in [-0.39, 0.29) is 12.8 Å². The van der Waals surface area contributed by atoms with Crippen molar-refractivity contribution in [3.63, 3.8) is 0 Å². The fourth-order valence-corrected chi connectivity index (χ4v) is 5.05. The molecule has 0 amide bonds. The van der Waals surface area contributed by atoms with Crippen LogP contribution in [-0.2, 0) is 38.1 Å².